The number of anilines is 1. The number of H-pyrrole nitrogens is 1. The highest BCUT2D eigenvalue weighted by atomic mass is 28.4. The molecule has 0 aliphatic carbocycles. The number of ether oxygens (including phenoxy) is 1. The lowest BCUT2D eigenvalue weighted by Gasteiger charge is -2.41. The zero-order valence-corrected chi connectivity index (χ0v) is 24.7. The van der Waals surface area contributed by atoms with Gasteiger partial charge in [0, 0.05) is 0 Å². The Kier molecular flexibility index (Phi) is 7.48. The number of fused-ring (bicyclic) bond motifs is 1. The Morgan fingerprint density at radius 1 is 1.14 bits per heavy atom. The van der Waals surface area contributed by atoms with E-state index in [1.54, 1.807) is 10.9 Å². The Labute approximate surface area is 209 Å². The highest BCUT2D eigenvalue weighted by Gasteiger charge is 2.51. The van der Waals surface area contributed by atoms with Crippen molar-refractivity contribution in [1.29, 1.82) is 0 Å². The fraction of sp³-hybridized carbons (Fsp3) is 0.773. The van der Waals surface area contributed by atoms with E-state index < -0.39 is 34.5 Å². The summed E-state index contributed by atoms with van der Waals surface area (Å²) in [5.41, 5.74) is 8.90. The van der Waals surface area contributed by atoms with E-state index in [1.165, 1.54) is 0 Å². The van der Waals surface area contributed by atoms with Gasteiger partial charge in [-0.25, -0.2) is 4.98 Å². The third-order valence-corrected chi connectivity index (χ3v) is 16.9. The molecule has 6 N–H and O–H groups in total. The maximum Gasteiger partial charge on any atom is 0.280 e. The number of hydrogen-bond donors (Lipinski definition) is 4. The Morgan fingerprint density at radius 3 is 2.29 bits per heavy atom. The minimum Gasteiger partial charge on any atom is -0.414 e. The zero-order valence-electron chi connectivity index (χ0n) is 22.7. The van der Waals surface area contributed by atoms with E-state index in [0.717, 1.165) is 0 Å². The van der Waals surface area contributed by atoms with Gasteiger partial charge in [-0.15, -0.1) is 0 Å². The van der Waals surface area contributed by atoms with Crippen LogP contribution < -0.4 is 22.6 Å². The van der Waals surface area contributed by atoms with E-state index in [-0.39, 0.29) is 33.7 Å². The van der Waals surface area contributed by atoms with Crippen molar-refractivity contribution < 1.29 is 13.6 Å². The number of rotatable bonds is 7. The fourth-order valence-electron chi connectivity index (χ4n) is 3.58. The standard InChI is InChI=1S/C22H43N7O4Si2/c1-21(2,3)34(7,8)31-11-13-14(28-24)16(33-35(9,10)22(4,5)6)19(32-13)29-12-25-15-17(29)26-20(23)27-18(15)30/h12-14,16,19,28H,11,24H2,1-10H3,(H3,23,26,27,30)/t13-,14-,16-,19-/m1/s1. The molecule has 0 aromatic carbocycles. The van der Waals surface area contributed by atoms with Crippen molar-refractivity contribution >= 4 is 33.7 Å². The zero-order chi connectivity index (χ0) is 26.6. The SMILES string of the molecule is CC(C)(C)[Si](C)(C)OC[C@H]1O[C@@H](n2cnc3c(=O)[nH]c(N)nc32)[C@H](O[Si](C)(C)C(C)(C)C)[C@@H]1NN. The van der Waals surface area contributed by atoms with Gasteiger partial charge in [0.2, 0.25) is 5.95 Å². The van der Waals surface area contributed by atoms with Gasteiger partial charge in [-0.3, -0.25) is 25.6 Å². The van der Waals surface area contributed by atoms with Crippen LogP contribution >= 0.6 is 0 Å². The smallest absolute Gasteiger partial charge is 0.280 e. The Bertz CT molecular complexity index is 1100. The third-order valence-electron chi connectivity index (χ3n) is 7.92. The molecule has 11 nitrogen and oxygen atoms in total. The molecule has 0 spiro atoms. The average Bonchev–Trinajstić information content (AvgIpc) is 3.25. The minimum absolute atomic E-state index is 0.00965. The van der Waals surface area contributed by atoms with Crippen LogP contribution in [0, 0.1) is 0 Å². The molecule has 1 fully saturated rings. The number of nitrogens with one attached hydrogen (secondary N) is 2. The van der Waals surface area contributed by atoms with Gasteiger partial charge >= 0.3 is 0 Å². The predicted octanol–water partition coefficient (Wildman–Crippen LogP) is 2.84. The minimum atomic E-state index is -2.25. The largest absolute Gasteiger partial charge is 0.414 e. The van der Waals surface area contributed by atoms with Crippen LogP contribution in [0.5, 0.6) is 0 Å². The number of hydrogen-bond acceptors (Lipinski definition) is 9. The first kappa shape index (κ1) is 28.0. The average molecular weight is 526 g/mol. The Morgan fingerprint density at radius 2 is 1.74 bits per heavy atom. The monoisotopic (exact) mass is 525 g/mol. The second-order valence-electron chi connectivity index (χ2n) is 12.4. The first-order valence-corrected chi connectivity index (χ1v) is 17.9. The topological polar surface area (TPSA) is 155 Å². The number of hydrazine groups is 1. The van der Waals surface area contributed by atoms with Crippen molar-refractivity contribution in [2.75, 3.05) is 12.3 Å². The van der Waals surface area contributed by atoms with Crippen LogP contribution in [0.3, 0.4) is 0 Å². The summed E-state index contributed by atoms with van der Waals surface area (Å²) in [6, 6.07) is -0.351. The number of nitrogen functional groups attached to an aromatic ring is 1. The Balaban J connectivity index is 2.04. The van der Waals surface area contributed by atoms with E-state index >= 15 is 0 Å². The summed E-state index contributed by atoms with van der Waals surface area (Å²) in [4.78, 5) is 23.5. The van der Waals surface area contributed by atoms with Crippen LogP contribution in [0.15, 0.2) is 11.1 Å². The van der Waals surface area contributed by atoms with E-state index in [9.17, 15) is 4.79 Å². The van der Waals surface area contributed by atoms with Gasteiger partial charge in [0.15, 0.2) is 34.0 Å². The highest BCUT2D eigenvalue weighted by molar-refractivity contribution is 6.74. The quantitative estimate of drug-likeness (QED) is 0.242. The Hall–Kier alpha value is -1.62. The second kappa shape index (κ2) is 9.36. The van der Waals surface area contributed by atoms with E-state index in [4.69, 9.17) is 25.2 Å². The van der Waals surface area contributed by atoms with Crippen LogP contribution in [-0.4, -0.2) is 61.0 Å². The molecule has 4 atom stereocenters. The molecule has 2 aromatic rings. The first-order valence-electron chi connectivity index (χ1n) is 12.1. The normalized spacial score (nSPS) is 24.4. The lowest BCUT2D eigenvalue weighted by atomic mass is 10.1. The van der Waals surface area contributed by atoms with Gasteiger partial charge in [-0.2, -0.15) is 4.98 Å². The molecule has 0 saturated carbocycles. The summed E-state index contributed by atoms with van der Waals surface area (Å²) in [6.45, 7) is 22.3. The summed E-state index contributed by atoms with van der Waals surface area (Å²) >= 11 is 0. The van der Waals surface area contributed by atoms with Crippen LogP contribution in [0.1, 0.15) is 47.8 Å². The molecule has 13 heteroatoms. The van der Waals surface area contributed by atoms with E-state index in [0.29, 0.717) is 12.3 Å². The van der Waals surface area contributed by atoms with Gasteiger partial charge < -0.3 is 19.3 Å². The van der Waals surface area contributed by atoms with Crippen LogP contribution in [0.2, 0.25) is 36.3 Å². The fourth-order valence-corrected chi connectivity index (χ4v) is 5.89. The summed E-state index contributed by atoms with van der Waals surface area (Å²) in [7, 11) is -4.28. The number of nitrogens with two attached hydrogens (primary N) is 2. The molecule has 0 unspecified atom stereocenters. The maximum absolute atomic E-state index is 12.4. The predicted molar refractivity (Wildman–Crippen MR) is 143 cm³/mol. The molecule has 0 amide bonds. The van der Waals surface area contributed by atoms with Crippen molar-refractivity contribution in [1.82, 2.24) is 24.9 Å². The van der Waals surface area contributed by atoms with E-state index in [2.05, 4.69) is 88.1 Å². The summed E-state index contributed by atoms with van der Waals surface area (Å²) in [5, 5.41) is 0.0139. The molecule has 2 aromatic heterocycles. The first-order chi connectivity index (χ1) is 15.9. The van der Waals surface area contributed by atoms with Gasteiger partial charge in [-0.1, -0.05) is 41.5 Å². The molecular weight excluding hydrogens is 482 g/mol. The van der Waals surface area contributed by atoms with Gasteiger partial charge in [-0.05, 0) is 36.3 Å². The van der Waals surface area contributed by atoms with Gasteiger partial charge in [0.25, 0.3) is 5.56 Å². The number of aromatic nitrogens is 4. The molecule has 3 heterocycles. The highest BCUT2D eigenvalue weighted by Crippen LogP contribution is 2.43. The van der Waals surface area contributed by atoms with Crippen molar-refractivity contribution in [3.05, 3.63) is 16.7 Å². The summed E-state index contributed by atoms with van der Waals surface area (Å²) < 4.78 is 21.7. The lowest BCUT2D eigenvalue weighted by molar-refractivity contribution is -0.0447. The molecule has 1 aliphatic rings. The molecule has 3 rings (SSSR count). The maximum atomic E-state index is 12.4. The van der Waals surface area contributed by atoms with Crippen molar-refractivity contribution in [2.45, 2.75) is 102 Å². The van der Waals surface area contributed by atoms with Gasteiger partial charge in [0.05, 0.1) is 19.0 Å². The van der Waals surface area contributed by atoms with E-state index in [1.807, 2.05) is 0 Å². The molecule has 1 saturated heterocycles. The molecular formula is C22H43N7O4Si2. The number of imidazole rings is 1. The third kappa shape index (κ3) is 5.40. The number of nitrogens with zero attached hydrogens (tertiary/aromatic N) is 3. The molecule has 0 bridgehead atoms. The number of aromatic amines is 1. The van der Waals surface area contributed by atoms with Gasteiger partial charge in [0.1, 0.15) is 12.2 Å². The molecule has 1 aliphatic heterocycles. The van der Waals surface area contributed by atoms with Crippen LogP contribution in [-0.2, 0) is 13.6 Å². The molecule has 198 valence electrons. The van der Waals surface area contributed by atoms with Crippen molar-refractivity contribution in [3.8, 4) is 0 Å². The van der Waals surface area contributed by atoms with Crippen LogP contribution in [0.25, 0.3) is 11.2 Å². The lowest BCUT2D eigenvalue weighted by Crippen LogP contribution is -2.55. The molecule has 35 heavy (non-hydrogen) atoms. The van der Waals surface area contributed by atoms with Crippen molar-refractivity contribution in [2.24, 2.45) is 5.84 Å². The van der Waals surface area contributed by atoms with Crippen molar-refractivity contribution in [3.63, 3.8) is 0 Å². The molecule has 0 radical (unpaired) electrons. The summed E-state index contributed by atoms with van der Waals surface area (Å²) in [6.07, 6.45) is 0.0696. The van der Waals surface area contributed by atoms with Crippen LogP contribution in [0.4, 0.5) is 5.95 Å². The summed E-state index contributed by atoms with van der Waals surface area (Å²) in [5.74, 6) is 6.10. The second-order valence-corrected chi connectivity index (χ2v) is 22.0.